The lowest BCUT2D eigenvalue weighted by molar-refractivity contribution is -0.247. The molecule has 5 N–H and O–H groups in total. The molecule has 1 saturated heterocycles. The molecule has 4 aliphatic carbocycles. The Morgan fingerprint density at radius 1 is 0.865 bits per heavy atom. The van der Waals surface area contributed by atoms with E-state index in [4.69, 9.17) is 14.6 Å². The zero-order valence-corrected chi connectivity index (χ0v) is 21.7. The first-order valence-corrected chi connectivity index (χ1v) is 14.4. The van der Waals surface area contributed by atoms with E-state index in [0.717, 1.165) is 38.5 Å². The second-order valence-electron chi connectivity index (χ2n) is 12.7. The highest BCUT2D eigenvalue weighted by Gasteiger charge is 2.55. The van der Waals surface area contributed by atoms with Crippen molar-refractivity contribution in [1.29, 1.82) is 0 Å². The molecule has 0 aromatic rings. The Morgan fingerprint density at radius 2 is 1.59 bits per heavy atom. The van der Waals surface area contributed by atoms with E-state index in [1.165, 1.54) is 12.8 Å². The summed E-state index contributed by atoms with van der Waals surface area (Å²) in [5.41, 5.74) is 0. The number of carbonyl (C=O) groups excluding carboxylic acids is 1. The van der Waals surface area contributed by atoms with Gasteiger partial charge >= 0.3 is 11.9 Å². The normalized spacial score (nSPS) is 48.3. The Bertz CT molecular complexity index is 834. The highest BCUT2D eigenvalue weighted by atomic mass is 16.7. The number of aliphatic hydroxyl groups excluding tert-OH is 4. The van der Waals surface area contributed by atoms with Gasteiger partial charge in [-0.2, -0.15) is 0 Å². The summed E-state index contributed by atoms with van der Waals surface area (Å²) in [5, 5.41) is 50.4. The van der Waals surface area contributed by atoms with E-state index in [2.05, 4.69) is 6.92 Å². The van der Waals surface area contributed by atoms with Crippen LogP contribution in [0, 0.1) is 47.3 Å². The molecule has 0 spiro atoms. The molecule has 14 atom stereocenters. The van der Waals surface area contributed by atoms with Crippen molar-refractivity contribution < 1.29 is 44.6 Å². The van der Waals surface area contributed by atoms with Crippen LogP contribution in [0.15, 0.2) is 0 Å². The topological polar surface area (TPSA) is 154 Å². The van der Waals surface area contributed by atoms with E-state index in [-0.39, 0.29) is 36.9 Å². The molecule has 37 heavy (non-hydrogen) atoms. The van der Waals surface area contributed by atoms with Crippen LogP contribution in [0.5, 0.6) is 0 Å². The lowest BCUT2D eigenvalue weighted by Crippen LogP contribution is -2.52. The van der Waals surface area contributed by atoms with Gasteiger partial charge in [0.2, 0.25) is 6.29 Å². The molecule has 0 aromatic heterocycles. The van der Waals surface area contributed by atoms with Crippen molar-refractivity contribution >= 4 is 11.9 Å². The van der Waals surface area contributed by atoms with Gasteiger partial charge in [-0.1, -0.05) is 6.92 Å². The number of esters is 1. The van der Waals surface area contributed by atoms with Crippen LogP contribution in [0.2, 0.25) is 0 Å². The summed E-state index contributed by atoms with van der Waals surface area (Å²) in [7, 11) is 0. The Balaban J connectivity index is 1.14. The largest absolute Gasteiger partial charge is 0.479 e. The first-order valence-electron chi connectivity index (χ1n) is 14.4. The van der Waals surface area contributed by atoms with Crippen molar-refractivity contribution in [3.05, 3.63) is 0 Å². The fourth-order valence-electron chi connectivity index (χ4n) is 9.12. The third kappa shape index (κ3) is 5.44. The van der Waals surface area contributed by atoms with Gasteiger partial charge in [0.1, 0.15) is 6.10 Å². The summed E-state index contributed by atoms with van der Waals surface area (Å²) >= 11 is 0. The van der Waals surface area contributed by atoms with Crippen LogP contribution in [0.4, 0.5) is 0 Å². The molecule has 1 heterocycles. The number of aliphatic carboxylic acids is 1. The Kier molecular flexibility index (Phi) is 8.18. The van der Waals surface area contributed by atoms with Crippen molar-refractivity contribution in [2.75, 3.05) is 0 Å². The maximum Gasteiger partial charge on any atom is 0.335 e. The average Bonchev–Trinajstić information content (AvgIpc) is 3.30. The highest BCUT2D eigenvalue weighted by molar-refractivity contribution is 5.73. The van der Waals surface area contributed by atoms with Gasteiger partial charge < -0.3 is 35.0 Å². The molecule has 0 aromatic carbocycles. The van der Waals surface area contributed by atoms with Gasteiger partial charge in [0.05, 0.1) is 18.3 Å². The molecule has 0 amide bonds. The molecule has 5 fully saturated rings. The zero-order valence-electron chi connectivity index (χ0n) is 21.7. The standard InChI is InChI=1S/C28H44O9/c1-13(2-9-23(32)36-24-12-22(31)26(33)27(37-24)28(34)35)16-7-8-19-18-5-3-14-10-15(29)4-6-17(14)20(18)11-21(30)25(16)19/h13-22,24-27,29-31,33H,2-12H2,1H3,(H,34,35)/t13-,14-,15-,16-,17+,18+,19+,20-,21+,22-,24-,25-,26+,27+/m1/s1. The number of hydrogen-bond donors (Lipinski definition) is 5. The van der Waals surface area contributed by atoms with E-state index in [1.54, 1.807) is 0 Å². The molecule has 210 valence electrons. The maximum absolute atomic E-state index is 12.5. The highest BCUT2D eigenvalue weighted by Crippen LogP contribution is 2.60. The smallest absolute Gasteiger partial charge is 0.335 e. The van der Waals surface area contributed by atoms with Gasteiger partial charge in [0.15, 0.2) is 6.10 Å². The predicted molar refractivity (Wildman–Crippen MR) is 131 cm³/mol. The predicted octanol–water partition coefficient (Wildman–Crippen LogP) is 2.08. The van der Waals surface area contributed by atoms with E-state index in [1.807, 2.05) is 0 Å². The van der Waals surface area contributed by atoms with Crippen LogP contribution in [-0.2, 0) is 19.1 Å². The van der Waals surface area contributed by atoms with Crippen molar-refractivity contribution in [2.45, 2.75) is 114 Å². The Labute approximate surface area is 218 Å². The molecule has 0 unspecified atom stereocenters. The van der Waals surface area contributed by atoms with Crippen LogP contribution in [0.25, 0.3) is 0 Å². The number of carbonyl (C=O) groups is 2. The number of aliphatic hydroxyl groups is 4. The number of carboxylic acid groups (broad SMARTS) is 1. The summed E-state index contributed by atoms with van der Waals surface area (Å²) in [6.07, 6.45) is 2.77. The fourth-order valence-corrected chi connectivity index (χ4v) is 9.12. The lowest BCUT2D eigenvalue weighted by atomic mass is 9.52. The molecule has 0 bridgehead atoms. The van der Waals surface area contributed by atoms with Crippen LogP contribution in [0.3, 0.4) is 0 Å². The van der Waals surface area contributed by atoms with Crippen LogP contribution in [0.1, 0.15) is 77.6 Å². The number of carboxylic acids is 1. The number of fused-ring (bicyclic) bond motifs is 5. The minimum Gasteiger partial charge on any atom is -0.479 e. The van der Waals surface area contributed by atoms with E-state index >= 15 is 0 Å². The Morgan fingerprint density at radius 3 is 2.35 bits per heavy atom. The minimum atomic E-state index is -1.64. The average molecular weight is 525 g/mol. The molecule has 5 rings (SSSR count). The Hall–Kier alpha value is -1.26. The molecule has 9 heteroatoms. The van der Waals surface area contributed by atoms with Crippen molar-refractivity contribution in [1.82, 2.24) is 0 Å². The summed E-state index contributed by atoms with van der Waals surface area (Å²) in [6.45, 7) is 2.15. The molecular formula is C28H44O9. The zero-order chi connectivity index (χ0) is 26.4. The van der Waals surface area contributed by atoms with E-state index in [9.17, 15) is 30.0 Å². The summed E-state index contributed by atoms with van der Waals surface area (Å²) in [6, 6.07) is 0. The number of rotatable bonds is 6. The van der Waals surface area contributed by atoms with Crippen LogP contribution in [-0.4, -0.2) is 74.3 Å². The van der Waals surface area contributed by atoms with Gasteiger partial charge in [-0.25, -0.2) is 4.79 Å². The number of hydrogen-bond acceptors (Lipinski definition) is 8. The third-order valence-electron chi connectivity index (χ3n) is 10.8. The van der Waals surface area contributed by atoms with Crippen LogP contribution < -0.4 is 0 Å². The first kappa shape index (κ1) is 27.3. The van der Waals surface area contributed by atoms with Gasteiger partial charge in [-0.3, -0.25) is 4.79 Å². The van der Waals surface area contributed by atoms with Crippen LogP contribution >= 0.6 is 0 Å². The van der Waals surface area contributed by atoms with Crippen molar-refractivity contribution in [3.8, 4) is 0 Å². The molecule has 0 radical (unpaired) electrons. The number of ether oxygens (including phenoxy) is 2. The second-order valence-corrected chi connectivity index (χ2v) is 12.7. The van der Waals surface area contributed by atoms with Gasteiger partial charge in [0, 0.05) is 12.8 Å². The summed E-state index contributed by atoms with van der Waals surface area (Å²) in [5.74, 6) is 1.97. The van der Waals surface area contributed by atoms with Crippen molar-refractivity contribution in [2.24, 2.45) is 47.3 Å². The lowest BCUT2D eigenvalue weighted by Gasteiger charge is -2.54. The summed E-state index contributed by atoms with van der Waals surface area (Å²) < 4.78 is 10.5. The molecule has 1 aliphatic heterocycles. The van der Waals surface area contributed by atoms with Gasteiger partial charge in [-0.05, 0) is 105 Å². The monoisotopic (exact) mass is 524 g/mol. The summed E-state index contributed by atoms with van der Waals surface area (Å²) in [4.78, 5) is 23.8. The first-order chi connectivity index (χ1) is 17.6. The van der Waals surface area contributed by atoms with Crippen molar-refractivity contribution in [3.63, 3.8) is 0 Å². The van der Waals surface area contributed by atoms with E-state index in [0.29, 0.717) is 41.9 Å². The quantitative estimate of drug-likeness (QED) is 0.329. The van der Waals surface area contributed by atoms with E-state index < -0.39 is 36.5 Å². The minimum absolute atomic E-state index is 0.151. The maximum atomic E-state index is 12.5. The SMILES string of the molecule is C[C@H](CCC(=O)O[C@H]1C[C@@H](O)[C@H](O)[C@@H](C(=O)O)O1)[C@H]1CC[C@H]2[C@@H]3CC[C@@H]4C[C@H](O)CC[C@@H]4[C@H]3C[C@H](O)[C@@H]21. The molecular weight excluding hydrogens is 480 g/mol. The third-order valence-corrected chi connectivity index (χ3v) is 10.8. The molecule has 5 aliphatic rings. The second kappa shape index (κ2) is 11.1. The van der Waals surface area contributed by atoms with Gasteiger partial charge in [0.25, 0.3) is 0 Å². The molecule has 9 nitrogen and oxygen atoms in total. The molecule has 4 saturated carbocycles. The van der Waals surface area contributed by atoms with Gasteiger partial charge in [-0.15, -0.1) is 0 Å². The fraction of sp³-hybridized carbons (Fsp3) is 0.929.